The van der Waals surface area contributed by atoms with Gasteiger partial charge in [0.1, 0.15) is 11.8 Å². The van der Waals surface area contributed by atoms with Crippen molar-refractivity contribution < 1.29 is 23.8 Å². The van der Waals surface area contributed by atoms with Gasteiger partial charge < -0.3 is 24.5 Å². The maximum atomic E-state index is 13.7. The molecule has 0 saturated carbocycles. The number of hydrogen-bond acceptors (Lipinski definition) is 7. The van der Waals surface area contributed by atoms with E-state index in [1.807, 2.05) is 60.7 Å². The van der Waals surface area contributed by atoms with Gasteiger partial charge in [0.2, 0.25) is 5.91 Å². The molecule has 1 heterocycles. The van der Waals surface area contributed by atoms with Gasteiger partial charge in [-0.15, -0.1) is 0 Å². The van der Waals surface area contributed by atoms with Crippen LogP contribution in [0.1, 0.15) is 22.3 Å². The van der Waals surface area contributed by atoms with Gasteiger partial charge in [0.25, 0.3) is 6.01 Å². The van der Waals surface area contributed by atoms with Crippen molar-refractivity contribution in [2.45, 2.75) is 32.5 Å². The van der Waals surface area contributed by atoms with Gasteiger partial charge in [-0.1, -0.05) is 66.7 Å². The van der Waals surface area contributed by atoms with Crippen LogP contribution in [-0.4, -0.2) is 47.2 Å². The Kier molecular flexibility index (Phi) is 9.43. The minimum atomic E-state index is -1.12. The first-order valence-electron chi connectivity index (χ1n) is 14.4. The summed E-state index contributed by atoms with van der Waals surface area (Å²) in [5, 5.41) is 13.2. The molecule has 0 saturated heterocycles. The van der Waals surface area contributed by atoms with E-state index in [4.69, 9.17) is 9.15 Å². The largest absolute Gasteiger partial charge is 0.497 e. The van der Waals surface area contributed by atoms with Crippen LogP contribution in [0.25, 0.3) is 10.9 Å². The van der Waals surface area contributed by atoms with E-state index in [1.165, 1.54) is 4.90 Å². The lowest BCUT2D eigenvalue weighted by Gasteiger charge is -2.25. The molecule has 4 aromatic carbocycles. The molecule has 1 aromatic heterocycles. The molecule has 2 N–H and O–H groups in total. The predicted octanol–water partition coefficient (Wildman–Crippen LogP) is 5.87. The number of ether oxygens (including phenoxy) is 1. The summed E-state index contributed by atoms with van der Waals surface area (Å²) in [6.45, 7) is 2.17. The average molecular weight is 607 g/mol. The van der Waals surface area contributed by atoms with Crippen LogP contribution >= 0.6 is 0 Å². The summed E-state index contributed by atoms with van der Waals surface area (Å²) in [7, 11) is 3.31. The van der Waals surface area contributed by atoms with Crippen LogP contribution in [-0.2, 0) is 24.3 Å². The lowest BCUT2D eigenvalue weighted by molar-refractivity contribution is -0.131. The number of nitrogens with zero attached hydrogens (tertiary/aromatic N) is 3. The van der Waals surface area contributed by atoms with Gasteiger partial charge in [-0.3, -0.25) is 9.69 Å². The second kappa shape index (κ2) is 13.8. The Morgan fingerprint density at radius 1 is 0.911 bits per heavy atom. The van der Waals surface area contributed by atoms with Crippen molar-refractivity contribution in [3.63, 3.8) is 0 Å². The lowest BCUT2D eigenvalue weighted by atomic mass is 10.0. The third-order valence-electron chi connectivity index (χ3n) is 7.63. The molecule has 10 heteroatoms. The summed E-state index contributed by atoms with van der Waals surface area (Å²) in [6.07, 6.45) is -0.816. The number of amides is 2. The first kappa shape index (κ1) is 30.8. The van der Waals surface area contributed by atoms with Gasteiger partial charge >= 0.3 is 11.7 Å². The molecule has 2 amide bonds. The van der Waals surface area contributed by atoms with Crippen molar-refractivity contribution in [3.05, 3.63) is 130 Å². The normalized spacial score (nSPS) is 11.5. The van der Waals surface area contributed by atoms with Gasteiger partial charge in [-0.05, 0) is 59.5 Å². The van der Waals surface area contributed by atoms with Crippen molar-refractivity contribution in [2.75, 3.05) is 24.4 Å². The van der Waals surface area contributed by atoms with Crippen LogP contribution in [0.15, 0.2) is 106 Å². The SMILES string of the molecule is COc1ccc(C[C@H](Nc2nc3ccc(CN(C(=O)O)c4ccccc4)c(C)c3c(=O)o2)C(=O)N(C)Cc2ccccc2)cc1. The highest BCUT2D eigenvalue weighted by atomic mass is 16.5. The van der Waals surface area contributed by atoms with E-state index in [0.29, 0.717) is 41.0 Å². The highest BCUT2D eigenvalue weighted by Crippen LogP contribution is 2.24. The molecule has 0 radical (unpaired) electrons. The number of anilines is 2. The summed E-state index contributed by atoms with van der Waals surface area (Å²) >= 11 is 0. The molecule has 1 atom stereocenters. The highest BCUT2D eigenvalue weighted by Gasteiger charge is 2.25. The van der Waals surface area contributed by atoms with Crippen LogP contribution < -0.4 is 20.6 Å². The van der Waals surface area contributed by atoms with E-state index in [2.05, 4.69) is 10.3 Å². The van der Waals surface area contributed by atoms with Crippen molar-refractivity contribution in [1.82, 2.24) is 9.88 Å². The third-order valence-corrected chi connectivity index (χ3v) is 7.63. The molecular formula is C35H34N4O6. The van der Waals surface area contributed by atoms with Crippen LogP contribution in [0.2, 0.25) is 0 Å². The number of hydrogen-bond donors (Lipinski definition) is 2. The molecule has 0 aliphatic carbocycles. The average Bonchev–Trinajstić information content (AvgIpc) is 3.04. The number of fused-ring (bicyclic) bond motifs is 1. The van der Waals surface area contributed by atoms with Gasteiger partial charge in [0.15, 0.2) is 0 Å². The van der Waals surface area contributed by atoms with Crippen LogP contribution in [0.3, 0.4) is 0 Å². The number of rotatable bonds is 11. The Morgan fingerprint density at radius 3 is 2.22 bits per heavy atom. The molecule has 230 valence electrons. The fourth-order valence-electron chi connectivity index (χ4n) is 5.19. The van der Waals surface area contributed by atoms with E-state index in [1.54, 1.807) is 62.4 Å². The van der Waals surface area contributed by atoms with Crippen LogP contribution in [0.5, 0.6) is 5.75 Å². The summed E-state index contributed by atoms with van der Waals surface area (Å²) in [6, 6.07) is 28.3. The number of carbonyl (C=O) groups is 2. The first-order valence-corrected chi connectivity index (χ1v) is 14.4. The smallest absolute Gasteiger partial charge is 0.412 e. The number of benzene rings is 4. The number of likely N-dealkylation sites (N-methyl/N-ethyl adjacent to an activating group) is 1. The van der Waals surface area contributed by atoms with Crippen molar-refractivity contribution in [1.29, 1.82) is 0 Å². The summed E-state index contributed by atoms with van der Waals surface area (Å²) in [5.41, 5.74) is 3.29. The number of carboxylic acid groups (broad SMARTS) is 1. The Labute approximate surface area is 260 Å². The number of nitrogens with one attached hydrogen (secondary N) is 1. The van der Waals surface area contributed by atoms with Crippen LogP contribution in [0, 0.1) is 6.92 Å². The molecule has 0 fully saturated rings. The number of aromatic nitrogens is 1. The van der Waals surface area contributed by atoms with E-state index in [-0.39, 0.29) is 23.9 Å². The number of carbonyl (C=O) groups excluding carboxylic acids is 1. The first-order chi connectivity index (χ1) is 21.7. The van der Waals surface area contributed by atoms with E-state index in [9.17, 15) is 19.5 Å². The molecule has 5 aromatic rings. The summed E-state index contributed by atoms with van der Waals surface area (Å²) in [5.74, 6) is 0.489. The zero-order valence-corrected chi connectivity index (χ0v) is 25.3. The lowest BCUT2D eigenvalue weighted by Crippen LogP contribution is -2.42. The van der Waals surface area contributed by atoms with Crippen molar-refractivity contribution in [3.8, 4) is 5.75 Å². The van der Waals surface area contributed by atoms with Crippen molar-refractivity contribution in [2.24, 2.45) is 0 Å². The molecule has 5 rings (SSSR count). The number of aryl methyl sites for hydroxylation is 1. The number of para-hydroxylation sites is 1. The Bertz CT molecular complexity index is 1840. The summed E-state index contributed by atoms with van der Waals surface area (Å²) in [4.78, 5) is 46.5. The quantitative estimate of drug-likeness (QED) is 0.191. The Hall–Kier alpha value is -5.64. The van der Waals surface area contributed by atoms with E-state index < -0.39 is 17.8 Å². The van der Waals surface area contributed by atoms with Gasteiger partial charge in [0, 0.05) is 25.7 Å². The third kappa shape index (κ3) is 7.30. The highest BCUT2D eigenvalue weighted by molar-refractivity contribution is 5.88. The molecule has 0 unspecified atom stereocenters. The fourth-order valence-corrected chi connectivity index (χ4v) is 5.19. The predicted molar refractivity (Wildman–Crippen MR) is 173 cm³/mol. The maximum Gasteiger partial charge on any atom is 0.412 e. The van der Waals surface area contributed by atoms with Gasteiger partial charge in [-0.2, -0.15) is 4.98 Å². The Morgan fingerprint density at radius 2 is 1.58 bits per heavy atom. The minimum absolute atomic E-state index is 0.0345. The molecule has 45 heavy (non-hydrogen) atoms. The number of methoxy groups -OCH3 is 1. The summed E-state index contributed by atoms with van der Waals surface area (Å²) < 4.78 is 10.9. The standard InChI is InChI=1S/C35H34N4O6/c1-23-26(22-39(35(42)43)27-12-8-5-9-13-27)16-19-29-31(23)33(41)45-34(36-29)37-30(20-24-14-17-28(44-3)18-15-24)32(40)38(2)21-25-10-6-4-7-11-25/h4-19,30H,20-22H2,1-3H3,(H,36,37)(H,42,43)/t30-/m0/s1. The molecule has 0 bridgehead atoms. The topological polar surface area (TPSA) is 125 Å². The molecule has 0 aliphatic heterocycles. The zero-order valence-electron chi connectivity index (χ0n) is 25.3. The second-order valence-electron chi connectivity index (χ2n) is 10.7. The van der Waals surface area contributed by atoms with Crippen molar-refractivity contribution >= 4 is 34.6 Å². The minimum Gasteiger partial charge on any atom is -0.497 e. The maximum absolute atomic E-state index is 13.7. The molecule has 0 aliphatic rings. The van der Waals surface area contributed by atoms with E-state index in [0.717, 1.165) is 11.1 Å². The second-order valence-corrected chi connectivity index (χ2v) is 10.7. The van der Waals surface area contributed by atoms with E-state index >= 15 is 0 Å². The monoisotopic (exact) mass is 606 g/mol. The fraction of sp³-hybridized carbons (Fsp3) is 0.200. The van der Waals surface area contributed by atoms with Gasteiger partial charge in [0.05, 0.1) is 24.6 Å². The molecular weight excluding hydrogens is 572 g/mol. The van der Waals surface area contributed by atoms with Gasteiger partial charge in [-0.25, -0.2) is 9.59 Å². The molecule has 10 nitrogen and oxygen atoms in total. The molecule has 0 spiro atoms. The Balaban J connectivity index is 1.43. The van der Waals surface area contributed by atoms with Crippen LogP contribution in [0.4, 0.5) is 16.5 Å². The zero-order chi connectivity index (χ0) is 31.9.